The van der Waals surface area contributed by atoms with Gasteiger partial charge in [-0.15, -0.1) is 0 Å². The van der Waals surface area contributed by atoms with Gasteiger partial charge in [-0.2, -0.15) is 0 Å². The molecule has 0 radical (unpaired) electrons. The average Bonchev–Trinajstić information content (AvgIpc) is 2.73. The maximum absolute atomic E-state index is 2.35. The molecule has 0 aromatic heterocycles. The van der Waals surface area contributed by atoms with Crippen molar-refractivity contribution in [2.75, 3.05) is 24.6 Å². The Morgan fingerprint density at radius 1 is 0.276 bits per heavy atom. The Morgan fingerprint density at radius 3 is 0.690 bits per heavy atom. The topological polar surface area (TPSA) is 0 Å². The van der Waals surface area contributed by atoms with E-state index in [4.69, 9.17) is 0 Å². The third kappa shape index (κ3) is 18.9. The highest BCUT2D eigenvalue weighted by Crippen LogP contribution is 2.61. The summed E-state index contributed by atoms with van der Waals surface area (Å²) >= 11 is 0. The van der Waals surface area contributed by atoms with Crippen molar-refractivity contribution in [2.45, 2.75) is 156 Å². The third-order valence-corrected chi connectivity index (χ3v) is 12.0. The largest absolute Gasteiger partial charge is 0.0654 e. The molecule has 0 nitrogen and oxygen atoms in total. The van der Waals surface area contributed by atoms with Crippen LogP contribution in [0.1, 0.15) is 156 Å². The SMILES string of the molecule is CCCCCCC[P+](CCCCCCC)(CCCCCCC)CCCCCCC. The smallest absolute Gasteiger partial charge is 0.0594 e. The van der Waals surface area contributed by atoms with E-state index in [2.05, 4.69) is 27.7 Å². The highest BCUT2D eigenvalue weighted by molar-refractivity contribution is 7.75. The molecule has 0 aliphatic heterocycles. The van der Waals surface area contributed by atoms with E-state index >= 15 is 0 Å². The van der Waals surface area contributed by atoms with Gasteiger partial charge in [0.15, 0.2) is 0 Å². The van der Waals surface area contributed by atoms with Crippen LogP contribution in [0.25, 0.3) is 0 Å². The van der Waals surface area contributed by atoms with Crippen molar-refractivity contribution < 1.29 is 0 Å². The van der Waals surface area contributed by atoms with Crippen molar-refractivity contribution in [3.8, 4) is 0 Å². The third-order valence-electron chi connectivity index (χ3n) is 6.94. The minimum absolute atomic E-state index is 0.691. The summed E-state index contributed by atoms with van der Waals surface area (Å²) in [7, 11) is -0.691. The van der Waals surface area contributed by atoms with Crippen molar-refractivity contribution in [1.82, 2.24) is 0 Å². The summed E-state index contributed by atoms with van der Waals surface area (Å²) in [6, 6.07) is 0. The molecule has 0 saturated heterocycles. The van der Waals surface area contributed by atoms with Crippen LogP contribution in [0.5, 0.6) is 0 Å². The Morgan fingerprint density at radius 2 is 0.483 bits per heavy atom. The first kappa shape index (κ1) is 29.4. The van der Waals surface area contributed by atoms with Gasteiger partial charge in [0, 0.05) is 7.26 Å². The molecule has 0 aromatic rings. The fourth-order valence-electron chi connectivity index (χ4n) is 4.87. The van der Waals surface area contributed by atoms with Gasteiger partial charge in [-0.05, 0) is 51.4 Å². The maximum Gasteiger partial charge on any atom is 0.0594 e. The maximum atomic E-state index is 2.35. The minimum Gasteiger partial charge on any atom is -0.0654 e. The molecular weight excluding hydrogens is 367 g/mol. The normalized spacial score (nSPS) is 12.0. The van der Waals surface area contributed by atoms with Gasteiger partial charge in [-0.3, -0.25) is 0 Å². The van der Waals surface area contributed by atoms with Crippen LogP contribution in [-0.4, -0.2) is 24.6 Å². The Balaban J connectivity index is 4.69. The molecule has 1 heteroatoms. The molecule has 0 rings (SSSR count). The molecule has 0 amide bonds. The van der Waals surface area contributed by atoms with Crippen molar-refractivity contribution in [3.63, 3.8) is 0 Å². The van der Waals surface area contributed by atoms with Gasteiger partial charge in [0.25, 0.3) is 0 Å². The van der Waals surface area contributed by atoms with Gasteiger partial charge in [0.05, 0.1) is 24.6 Å². The summed E-state index contributed by atoms with van der Waals surface area (Å²) in [5.74, 6) is 0. The second-order valence-corrected chi connectivity index (χ2v) is 14.4. The van der Waals surface area contributed by atoms with E-state index in [0.717, 1.165) is 0 Å². The first-order valence-electron chi connectivity index (χ1n) is 14.1. The zero-order valence-electron chi connectivity index (χ0n) is 21.4. The fraction of sp³-hybridized carbons (Fsp3) is 1.00. The van der Waals surface area contributed by atoms with E-state index in [1.54, 1.807) is 50.3 Å². The average molecular weight is 428 g/mol. The number of unbranched alkanes of at least 4 members (excludes halogenated alkanes) is 16. The van der Waals surface area contributed by atoms with Crippen molar-refractivity contribution in [2.24, 2.45) is 0 Å². The molecule has 0 aromatic carbocycles. The highest BCUT2D eigenvalue weighted by atomic mass is 31.2. The molecule has 176 valence electrons. The first-order valence-corrected chi connectivity index (χ1v) is 16.6. The zero-order valence-corrected chi connectivity index (χ0v) is 22.3. The Kier molecular flexibility index (Phi) is 23.4. The standard InChI is InChI=1S/C28H60P/c1-5-9-13-17-21-25-29(26-22-18-14-10-6-2,27-23-19-15-11-7-3)28-24-20-16-12-8-4/h5-28H2,1-4H3/q+1. The van der Waals surface area contributed by atoms with E-state index in [0.29, 0.717) is 0 Å². The molecule has 29 heavy (non-hydrogen) atoms. The Bertz CT molecular complexity index is 237. The summed E-state index contributed by atoms with van der Waals surface area (Å²) in [5, 5.41) is 0. The molecule has 0 fully saturated rings. The predicted molar refractivity (Wildman–Crippen MR) is 141 cm³/mol. The lowest BCUT2D eigenvalue weighted by Crippen LogP contribution is -2.13. The lowest BCUT2D eigenvalue weighted by Gasteiger charge is -2.28. The van der Waals surface area contributed by atoms with Crippen molar-refractivity contribution in [3.05, 3.63) is 0 Å². The van der Waals surface area contributed by atoms with Gasteiger partial charge >= 0.3 is 0 Å². The molecule has 0 atom stereocenters. The van der Waals surface area contributed by atoms with E-state index in [1.165, 1.54) is 103 Å². The van der Waals surface area contributed by atoms with E-state index in [9.17, 15) is 0 Å². The number of hydrogen-bond donors (Lipinski definition) is 0. The lowest BCUT2D eigenvalue weighted by atomic mass is 10.2. The molecule has 0 spiro atoms. The summed E-state index contributed by atoms with van der Waals surface area (Å²) < 4.78 is 0. The monoisotopic (exact) mass is 427 g/mol. The first-order chi connectivity index (χ1) is 14.2. The van der Waals surface area contributed by atoms with Crippen molar-refractivity contribution in [1.29, 1.82) is 0 Å². The Labute approximate surface area is 188 Å². The second kappa shape index (κ2) is 23.1. The predicted octanol–water partition coefficient (Wildman–Crippen LogP) is 10.9. The second-order valence-electron chi connectivity index (χ2n) is 9.89. The van der Waals surface area contributed by atoms with E-state index in [1.807, 2.05) is 0 Å². The van der Waals surface area contributed by atoms with Crippen LogP contribution in [0.15, 0.2) is 0 Å². The van der Waals surface area contributed by atoms with Crippen LogP contribution in [0.2, 0.25) is 0 Å². The van der Waals surface area contributed by atoms with E-state index < -0.39 is 7.26 Å². The quantitative estimate of drug-likeness (QED) is 0.106. The summed E-state index contributed by atoms with van der Waals surface area (Å²) in [6.07, 6.45) is 36.1. The lowest BCUT2D eigenvalue weighted by molar-refractivity contribution is 0.636. The van der Waals surface area contributed by atoms with Crippen LogP contribution in [0, 0.1) is 0 Å². The summed E-state index contributed by atoms with van der Waals surface area (Å²) in [6.45, 7) is 9.39. The van der Waals surface area contributed by atoms with Gasteiger partial charge in [0.2, 0.25) is 0 Å². The molecule has 0 bridgehead atoms. The van der Waals surface area contributed by atoms with E-state index in [-0.39, 0.29) is 0 Å². The van der Waals surface area contributed by atoms with Crippen LogP contribution in [0.4, 0.5) is 0 Å². The van der Waals surface area contributed by atoms with Crippen LogP contribution >= 0.6 is 7.26 Å². The molecule has 0 N–H and O–H groups in total. The highest BCUT2D eigenvalue weighted by Gasteiger charge is 2.34. The minimum atomic E-state index is -0.691. The fourth-order valence-corrected chi connectivity index (χ4v) is 9.79. The zero-order chi connectivity index (χ0) is 21.5. The summed E-state index contributed by atoms with van der Waals surface area (Å²) in [5.41, 5.74) is 0. The van der Waals surface area contributed by atoms with Gasteiger partial charge < -0.3 is 0 Å². The summed E-state index contributed by atoms with van der Waals surface area (Å²) in [4.78, 5) is 0. The molecule has 0 heterocycles. The van der Waals surface area contributed by atoms with Gasteiger partial charge in [-0.1, -0.05) is 105 Å². The molecule has 0 unspecified atom stereocenters. The molecule has 0 aliphatic rings. The molecular formula is C28H60P+. The van der Waals surface area contributed by atoms with Crippen LogP contribution in [-0.2, 0) is 0 Å². The van der Waals surface area contributed by atoms with Gasteiger partial charge in [-0.25, -0.2) is 0 Å². The number of rotatable bonds is 24. The van der Waals surface area contributed by atoms with Crippen molar-refractivity contribution >= 4 is 7.26 Å². The Hall–Kier alpha value is 0.430. The number of hydrogen-bond acceptors (Lipinski definition) is 0. The van der Waals surface area contributed by atoms with Gasteiger partial charge in [0.1, 0.15) is 0 Å². The van der Waals surface area contributed by atoms with Crippen LogP contribution in [0.3, 0.4) is 0 Å². The molecule has 0 saturated carbocycles. The van der Waals surface area contributed by atoms with Crippen LogP contribution < -0.4 is 0 Å². The molecule has 0 aliphatic carbocycles.